The molecule has 0 aromatic heterocycles. The predicted molar refractivity (Wildman–Crippen MR) is 44.3 cm³/mol. The monoisotopic (exact) mass is 168 g/mol. The van der Waals surface area contributed by atoms with Crippen molar-refractivity contribution in [1.29, 1.82) is 0 Å². The van der Waals surface area contributed by atoms with E-state index in [9.17, 15) is 4.79 Å². The molecule has 2 aliphatic heterocycles. The van der Waals surface area contributed by atoms with Gasteiger partial charge in [0.15, 0.2) is 0 Å². The van der Waals surface area contributed by atoms with Crippen molar-refractivity contribution in [2.75, 3.05) is 13.2 Å². The molecule has 0 aromatic carbocycles. The van der Waals surface area contributed by atoms with Crippen LogP contribution in [0.2, 0.25) is 0 Å². The van der Waals surface area contributed by atoms with E-state index in [1.807, 2.05) is 13.1 Å². The highest BCUT2D eigenvalue weighted by Gasteiger charge is 2.41. The minimum absolute atomic E-state index is 0.0206. The third kappa shape index (κ3) is 1.12. The molecule has 1 N–H and O–H groups in total. The molecule has 2 atom stereocenters. The fourth-order valence-electron chi connectivity index (χ4n) is 1.61. The van der Waals surface area contributed by atoms with E-state index >= 15 is 0 Å². The summed E-state index contributed by atoms with van der Waals surface area (Å²) < 4.78 is 5.46. The molecule has 4 nitrogen and oxygen atoms in total. The number of ether oxygens (including phenoxy) is 1. The summed E-state index contributed by atoms with van der Waals surface area (Å²) >= 11 is 0. The SMILES string of the molecule is CC12CN=CCC1NC(=O)CO2. The molecule has 0 aliphatic carbocycles. The van der Waals surface area contributed by atoms with Crippen molar-refractivity contribution in [1.82, 2.24) is 5.32 Å². The van der Waals surface area contributed by atoms with E-state index in [1.54, 1.807) is 0 Å². The van der Waals surface area contributed by atoms with Gasteiger partial charge in [0.25, 0.3) is 0 Å². The highest BCUT2D eigenvalue weighted by atomic mass is 16.5. The molecule has 0 spiro atoms. The fourth-order valence-corrected chi connectivity index (χ4v) is 1.61. The molecule has 0 bridgehead atoms. The van der Waals surface area contributed by atoms with Gasteiger partial charge in [0.05, 0.1) is 12.6 Å². The summed E-state index contributed by atoms with van der Waals surface area (Å²) in [5.74, 6) is -0.0206. The molecule has 0 aromatic rings. The van der Waals surface area contributed by atoms with Crippen molar-refractivity contribution in [3.63, 3.8) is 0 Å². The summed E-state index contributed by atoms with van der Waals surface area (Å²) in [7, 11) is 0. The van der Waals surface area contributed by atoms with E-state index in [-0.39, 0.29) is 24.2 Å². The van der Waals surface area contributed by atoms with Crippen LogP contribution < -0.4 is 5.32 Å². The minimum atomic E-state index is -0.275. The van der Waals surface area contributed by atoms with Gasteiger partial charge in [-0.3, -0.25) is 9.79 Å². The van der Waals surface area contributed by atoms with Crippen LogP contribution >= 0.6 is 0 Å². The van der Waals surface area contributed by atoms with Gasteiger partial charge in [-0.2, -0.15) is 0 Å². The standard InChI is InChI=1S/C8H12N2O2/c1-8-5-9-3-2-6(8)10-7(11)4-12-8/h3,6H,2,4-5H2,1H3,(H,10,11). The molecular weight excluding hydrogens is 156 g/mol. The molecule has 0 saturated carbocycles. The second kappa shape index (κ2) is 2.55. The first kappa shape index (κ1) is 7.73. The molecule has 0 radical (unpaired) electrons. The number of rotatable bonds is 0. The molecule has 4 heteroatoms. The van der Waals surface area contributed by atoms with Crippen molar-refractivity contribution >= 4 is 12.1 Å². The topological polar surface area (TPSA) is 50.7 Å². The highest BCUT2D eigenvalue weighted by molar-refractivity contribution is 5.79. The van der Waals surface area contributed by atoms with Crippen LogP contribution in [-0.2, 0) is 9.53 Å². The van der Waals surface area contributed by atoms with Crippen LogP contribution in [-0.4, -0.2) is 36.9 Å². The highest BCUT2D eigenvalue weighted by Crippen LogP contribution is 2.24. The lowest BCUT2D eigenvalue weighted by molar-refractivity contribution is -0.147. The van der Waals surface area contributed by atoms with Crippen LogP contribution in [0.5, 0.6) is 0 Å². The Hall–Kier alpha value is -0.900. The maximum absolute atomic E-state index is 11.0. The van der Waals surface area contributed by atoms with E-state index < -0.39 is 0 Å². The largest absolute Gasteiger partial charge is 0.361 e. The zero-order valence-electron chi connectivity index (χ0n) is 7.04. The van der Waals surface area contributed by atoms with Crippen molar-refractivity contribution in [3.8, 4) is 0 Å². The zero-order chi connectivity index (χ0) is 8.60. The number of fused-ring (bicyclic) bond motifs is 1. The Morgan fingerprint density at radius 3 is 3.50 bits per heavy atom. The number of hydrogen-bond acceptors (Lipinski definition) is 3. The average Bonchev–Trinajstić information content (AvgIpc) is 2.06. The van der Waals surface area contributed by atoms with Crippen molar-refractivity contribution < 1.29 is 9.53 Å². The second-order valence-corrected chi connectivity index (χ2v) is 3.48. The predicted octanol–water partition coefficient (Wildman–Crippen LogP) is -0.265. The van der Waals surface area contributed by atoms with Gasteiger partial charge in [0, 0.05) is 12.6 Å². The van der Waals surface area contributed by atoms with Crippen molar-refractivity contribution in [3.05, 3.63) is 0 Å². The molecular formula is C8H12N2O2. The number of amides is 1. The third-order valence-electron chi connectivity index (χ3n) is 2.48. The van der Waals surface area contributed by atoms with E-state index in [1.165, 1.54) is 0 Å². The van der Waals surface area contributed by atoms with Crippen LogP contribution in [0.15, 0.2) is 4.99 Å². The number of aliphatic imine (C=N–C) groups is 1. The summed E-state index contributed by atoms with van der Waals surface area (Å²) in [5.41, 5.74) is -0.275. The quantitative estimate of drug-likeness (QED) is 0.541. The number of nitrogens with one attached hydrogen (secondary N) is 1. The number of carbonyl (C=O) groups is 1. The molecule has 66 valence electrons. The van der Waals surface area contributed by atoms with Gasteiger partial charge in [-0.1, -0.05) is 0 Å². The van der Waals surface area contributed by atoms with E-state index in [4.69, 9.17) is 4.74 Å². The fraction of sp³-hybridized carbons (Fsp3) is 0.750. The molecule has 1 amide bonds. The van der Waals surface area contributed by atoms with Gasteiger partial charge in [0.1, 0.15) is 12.2 Å². The van der Waals surface area contributed by atoms with Crippen molar-refractivity contribution in [2.24, 2.45) is 4.99 Å². The van der Waals surface area contributed by atoms with E-state index in [0.29, 0.717) is 6.54 Å². The molecule has 2 aliphatic rings. The van der Waals surface area contributed by atoms with Crippen LogP contribution in [0.4, 0.5) is 0 Å². The Morgan fingerprint density at radius 2 is 2.67 bits per heavy atom. The van der Waals surface area contributed by atoms with Crippen LogP contribution in [0, 0.1) is 0 Å². The Bertz CT molecular complexity index is 239. The van der Waals surface area contributed by atoms with Gasteiger partial charge in [-0.05, 0) is 6.92 Å². The third-order valence-corrected chi connectivity index (χ3v) is 2.48. The lowest BCUT2D eigenvalue weighted by Crippen LogP contribution is -2.61. The van der Waals surface area contributed by atoms with Gasteiger partial charge in [-0.15, -0.1) is 0 Å². The van der Waals surface area contributed by atoms with Crippen LogP contribution in [0.1, 0.15) is 13.3 Å². The number of carbonyl (C=O) groups excluding carboxylic acids is 1. The molecule has 2 unspecified atom stereocenters. The van der Waals surface area contributed by atoms with Gasteiger partial charge >= 0.3 is 0 Å². The van der Waals surface area contributed by atoms with Gasteiger partial charge in [0.2, 0.25) is 5.91 Å². The number of nitrogens with zero attached hydrogens (tertiary/aromatic N) is 1. The van der Waals surface area contributed by atoms with E-state index in [2.05, 4.69) is 10.3 Å². The molecule has 12 heavy (non-hydrogen) atoms. The Labute approximate surface area is 71.0 Å². The van der Waals surface area contributed by atoms with Crippen molar-refractivity contribution in [2.45, 2.75) is 25.0 Å². The first-order valence-corrected chi connectivity index (χ1v) is 4.12. The summed E-state index contributed by atoms with van der Waals surface area (Å²) in [6.45, 7) is 2.81. The number of hydrogen-bond donors (Lipinski definition) is 1. The van der Waals surface area contributed by atoms with Crippen LogP contribution in [0.25, 0.3) is 0 Å². The van der Waals surface area contributed by atoms with E-state index in [0.717, 1.165) is 6.42 Å². The van der Waals surface area contributed by atoms with Gasteiger partial charge in [-0.25, -0.2) is 0 Å². The molecule has 1 fully saturated rings. The first-order chi connectivity index (χ1) is 5.71. The Morgan fingerprint density at radius 1 is 1.83 bits per heavy atom. The summed E-state index contributed by atoms with van der Waals surface area (Å²) in [4.78, 5) is 15.1. The maximum Gasteiger partial charge on any atom is 0.246 e. The lowest BCUT2D eigenvalue weighted by Gasteiger charge is -2.41. The summed E-state index contributed by atoms with van der Waals surface area (Å²) in [6, 6.07) is 0.108. The summed E-state index contributed by atoms with van der Waals surface area (Å²) in [5, 5.41) is 2.90. The van der Waals surface area contributed by atoms with Crippen LogP contribution in [0.3, 0.4) is 0 Å². The second-order valence-electron chi connectivity index (χ2n) is 3.48. The number of morpholine rings is 1. The Balaban J connectivity index is 2.18. The molecule has 1 saturated heterocycles. The molecule has 2 heterocycles. The average molecular weight is 168 g/mol. The van der Waals surface area contributed by atoms with Gasteiger partial charge < -0.3 is 10.1 Å². The summed E-state index contributed by atoms with van der Waals surface area (Å²) in [6.07, 6.45) is 2.63. The minimum Gasteiger partial charge on any atom is -0.361 e. The zero-order valence-corrected chi connectivity index (χ0v) is 7.04. The normalized spacial score (nSPS) is 40.4. The smallest absolute Gasteiger partial charge is 0.246 e. The maximum atomic E-state index is 11.0. The first-order valence-electron chi connectivity index (χ1n) is 4.12. The Kier molecular flexibility index (Phi) is 1.65. The lowest BCUT2D eigenvalue weighted by atomic mass is 9.90. The molecule has 2 rings (SSSR count).